The van der Waals surface area contributed by atoms with Gasteiger partial charge in [-0.1, -0.05) is 13.0 Å². The molecule has 1 rings (SSSR count). The third-order valence-electron chi connectivity index (χ3n) is 1.66. The van der Waals surface area contributed by atoms with Crippen LogP contribution in [0.2, 0.25) is 0 Å². The van der Waals surface area contributed by atoms with Crippen LogP contribution in [0.5, 0.6) is 5.75 Å². The number of rotatable bonds is 2. The number of hydrogen-bond donors (Lipinski definition) is 3. The number of hydrogen-bond acceptors (Lipinski definition) is 3. The summed E-state index contributed by atoms with van der Waals surface area (Å²) in [5, 5.41) is 9.33. The Labute approximate surface area is 65.8 Å². The van der Waals surface area contributed by atoms with Crippen molar-refractivity contribution in [1.82, 2.24) is 0 Å². The molecule has 0 bridgehead atoms. The van der Waals surface area contributed by atoms with E-state index in [1.54, 1.807) is 12.1 Å². The Morgan fingerprint density at radius 1 is 1.55 bits per heavy atom. The molecule has 0 aliphatic carbocycles. The summed E-state index contributed by atoms with van der Waals surface area (Å²) in [6.45, 7) is 1.97. The molecule has 0 radical (unpaired) electrons. The van der Waals surface area contributed by atoms with E-state index in [1.165, 1.54) is 0 Å². The molecule has 0 atom stereocenters. The lowest BCUT2D eigenvalue weighted by molar-refractivity contribution is 0.469. The molecule has 0 heterocycles. The maximum absolute atomic E-state index is 9.33. The van der Waals surface area contributed by atoms with Crippen molar-refractivity contribution in [1.29, 1.82) is 0 Å². The minimum absolute atomic E-state index is 0.294. The highest BCUT2D eigenvalue weighted by atomic mass is 16.3. The highest BCUT2D eigenvalue weighted by Crippen LogP contribution is 2.24. The summed E-state index contributed by atoms with van der Waals surface area (Å²) in [6, 6.07) is 5.24. The molecule has 0 saturated carbocycles. The number of nitrogens with one attached hydrogen (secondary N) is 1. The summed E-state index contributed by atoms with van der Waals surface area (Å²) in [5.74, 6) is 5.53. The number of benzene rings is 1. The third kappa shape index (κ3) is 1.43. The number of nitrogen functional groups attached to an aromatic ring is 1. The lowest BCUT2D eigenvalue weighted by Gasteiger charge is -2.07. The quantitative estimate of drug-likeness (QED) is 0.441. The van der Waals surface area contributed by atoms with Crippen molar-refractivity contribution < 1.29 is 5.11 Å². The Bertz CT molecular complexity index is 248. The second kappa shape index (κ2) is 3.25. The van der Waals surface area contributed by atoms with Gasteiger partial charge in [0.25, 0.3) is 0 Å². The monoisotopic (exact) mass is 152 g/mol. The number of nitrogens with two attached hydrogens (primary N) is 1. The van der Waals surface area contributed by atoms with E-state index in [-0.39, 0.29) is 0 Å². The smallest absolute Gasteiger partial charge is 0.120 e. The summed E-state index contributed by atoms with van der Waals surface area (Å²) < 4.78 is 0. The molecule has 0 aliphatic heterocycles. The van der Waals surface area contributed by atoms with Crippen molar-refractivity contribution in [2.24, 2.45) is 5.84 Å². The fourth-order valence-corrected chi connectivity index (χ4v) is 1.08. The zero-order valence-electron chi connectivity index (χ0n) is 6.46. The van der Waals surface area contributed by atoms with Crippen molar-refractivity contribution in [3.63, 3.8) is 0 Å². The molecule has 0 aliphatic rings. The second-order valence-electron chi connectivity index (χ2n) is 2.30. The topological polar surface area (TPSA) is 58.3 Å². The Morgan fingerprint density at radius 3 is 2.73 bits per heavy atom. The Hall–Kier alpha value is -1.22. The summed E-state index contributed by atoms with van der Waals surface area (Å²) in [5.41, 5.74) is 4.17. The van der Waals surface area contributed by atoms with Crippen molar-refractivity contribution in [2.45, 2.75) is 13.3 Å². The average molecular weight is 152 g/mol. The highest BCUT2D eigenvalue weighted by Gasteiger charge is 2.02. The molecule has 0 saturated heterocycles. The van der Waals surface area contributed by atoms with Gasteiger partial charge in [0, 0.05) is 5.56 Å². The van der Waals surface area contributed by atoms with Crippen LogP contribution in [0.1, 0.15) is 12.5 Å². The molecule has 0 unspecified atom stereocenters. The predicted molar refractivity (Wildman–Crippen MR) is 45.3 cm³/mol. The molecule has 0 amide bonds. The summed E-state index contributed by atoms with van der Waals surface area (Å²) in [6.07, 6.45) is 0.770. The van der Waals surface area contributed by atoms with Crippen LogP contribution in [0.3, 0.4) is 0 Å². The van der Waals surface area contributed by atoms with Gasteiger partial charge in [0.05, 0.1) is 5.69 Å². The predicted octanol–water partition coefficient (Wildman–Crippen LogP) is 1.24. The molecule has 4 N–H and O–H groups in total. The number of anilines is 1. The van der Waals surface area contributed by atoms with E-state index in [0.717, 1.165) is 17.7 Å². The van der Waals surface area contributed by atoms with Gasteiger partial charge in [-0.05, 0) is 18.6 Å². The maximum atomic E-state index is 9.33. The maximum Gasteiger partial charge on any atom is 0.120 e. The second-order valence-corrected chi connectivity index (χ2v) is 2.30. The standard InChI is InChI=1S/C8H12N2O/c1-2-6-7(10-9)4-3-5-8(6)11/h3-5,10-11H,2,9H2,1H3. The highest BCUT2D eigenvalue weighted by molar-refractivity contribution is 5.56. The van der Waals surface area contributed by atoms with Crippen LogP contribution >= 0.6 is 0 Å². The van der Waals surface area contributed by atoms with Gasteiger partial charge in [-0.25, -0.2) is 0 Å². The van der Waals surface area contributed by atoms with Gasteiger partial charge >= 0.3 is 0 Å². The van der Waals surface area contributed by atoms with E-state index in [0.29, 0.717) is 5.75 Å². The van der Waals surface area contributed by atoms with Gasteiger partial charge in [-0.2, -0.15) is 0 Å². The van der Waals surface area contributed by atoms with E-state index >= 15 is 0 Å². The van der Waals surface area contributed by atoms with Gasteiger partial charge in [0.15, 0.2) is 0 Å². The van der Waals surface area contributed by atoms with Gasteiger partial charge in [-0.15, -0.1) is 0 Å². The van der Waals surface area contributed by atoms with Gasteiger partial charge in [0.1, 0.15) is 5.75 Å². The van der Waals surface area contributed by atoms with Crippen LogP contribution in [0.15, 0.2) is 18.2 Å². The molecule has 1 aromatic carbocycles. The van der Waals surface area contributed by atoms with Crippen molar-refractivity contribution in [3.05, 3.63) is 23.8 Å². The lowest BCUT2D eigenvalue weighted by Crippen LogP contribution is -2.08. The molecule has 60 valence electrons. The van der Waals surface area contributed by atoms with Crippen LogP contribution < -0.4 is 11.3 Å². The first-order valence-corrected chi connectivity index (χ1v) is 3.57. The number of phenols is 1. The third-order valence-corrected chi connectivity index (χ3v) is 1.66. The molecule has 11 heavy (non-hydrogen) atoms. The molecule has 0 aromatic heterocycles. The van der Waals surface area contributed by atoms with E-state index < -0.39 is 0 Å². The molecule has 0 spiro atoms. The lowest BCUT2D eigenvalue weighted by atomic mass is 10.1. The largest absolute Gasteiger partial charge is 0.508 e. The van der Waals surface area contributed by atoms with E-state index in [9.17, 15) is 5.11 Å². The zero-order chi connectivity index (χ0) is 8.27. The fraction of sp³-hybridized carbons (Fsp3) is 0.250. The van der Waals surface area contributed by atoms with Crippen LogP contribution in [-0.4, -0.2) is 5.11 Å². The first-order chi connectivity index (χ1) is 5.29. The molecular weight excluding hydrogens is 140 g/mol. The van der Waals surface area contributed by atoms with Gasteiger partial charge in [-0.3, -0.25) is 5.84 Å². The van der Waals surface area contributed by atoms with E-state index in [4.69, 9.17) is 5.84 Å². The van der Waals surface area contributed by atoms with Crippen molar-refractivity contribution in [2.75, 3.05) is 5.43 Å². The summed E-state index contributed by atoms with van der Waals surface area (Å²) in [4.78, 5) is 0. The van der Waals surface area contributed by atoms with Crippen LogP contribution in [-0.2, 0) is 6.42 Å². The molecule has 1 aromatic rings. The molecule has 3 heteroatoms. The first kappa shape index (κ1) is 7.88. The van der Waals surface area contributed by atoms with Crippen LogP contribution in [0, 0.1) is 0 Å². The SMILES string of the molecule is CCc1c(O)cccc1NN. The zero-order valence-corrected chi connectivity index (χ0v) is 6.46. The minimum Gasteiger partial charge on any atom is -0.508 e. The van der Waals surface area contributed by atoms with Gasteiger partial charge in [0.2, 0.25) is 0 Å². The fourth-order valence-electron chi connectivity index (χ4n) is 1.08. The number of hydrazine groups is 1. The first-order valence-electron chi connectivity index (χ1n) is 3.57. The summed E-state index contributed by atoms with van der Waals surface area (Å²) in [7, 11) is 0. The van der Waals surface area contributed by atoms with Gasteiger partial charge < -0.3 is 10.5 Å². The van der Waals surface area contributed by atoms with Crippen LogP contribution in [0.4, 0.5) is 5.69 Å². The molecular formula is C8H12N2O. The van der Waals surface area contributed by atoms with E-state index in [2.05, 4.69) is 5.43 Å². The molecule has 3 nitrogen and oxygen atoms in total. The molecule has 0 fully saturated rings. The van der Waals surface area contributed by atoms with E-state index in [1.807, 2.05) is 13.0 Å². The Kier molecular flexibility index (Phi) is 2.33. The Balaban J connectivity index is 3.13. The van der Waals surface area contributed by atoms with Crippen molar-refractivity contribution >= 4 is 5.69 Å². The normalized spacial score (nSPS) is 9.64. The van der Waals surface area contributed by atoms with Crippen LogP contribution in [0.25, 0.3) is 0 Å². The van der Waals surface area contributed by atoms with Crippen molar-refractivity contribution in [3.8, 4) is 5.75 Å². The minimum atomic E-state index is 0.294. The number of aromatic hydroxyl groups is 1. The Morgan fingerprint density at radius 2 is 2.27 bits per heavy atom. The number of phenolic OH excluding ortho intramolecular Hbond substituents is 1. The average Bonchev–Trinajstić information content (AvgIpc) is 2.04. The summed E-state index contributed by atoms with van der Waals surface area (Å²) >= 11 is 0.